The molecule has 1 unspecified atom stereocenters. The molecule has 0 aliphatic carbocycles. The SMILES string of the molecule is NCC1CCCc2nc(-c3ccccc3O)nn21. The van der Waals surface area contributed by atoms with E-state index in [1.54, 1.807) is 12.1 Å². The molecule has 1 aliphatic heterocycles. The van der Waals surface area contributed by atoms with E-state index < -0.39 is 0 Å². The van der Waals surface area contributed by atoms with Gasteiger partial charge in [0.25, 0.3) is 0 Å². The minimum absolute atomic E-state index is 0.213. The molecular weight excluding hydrogens is 228 g/mol. The fourth-order valence-electron chi connectivity index (χ4n) is 2.43. The summed E-state index contributed by atoms with van der Waals surface area (Å²) in [7, 11) is 0. The molecule has 2 aromatic rings. The number of phenolic OH excluding ortho intramolecular Hbond substituents is 1. The molecule has 1 atom stereocenters. The van der Waals surface area contributed by atoms with E-state index >= 15 is 0 Å². The Labute approximate surface area is 105 Å². The first-order valence-electron chi connectivity index (χ1n) is 6.23. The maximum atomic E-state index is 9.83. The van der Waals surface area contributed by atoms with Crippen LogP contribution in [-0.2, 0) is 6.42 Å². The van der Waals surface area contributed by atoms with Crippen molar-refractivity contribution in [3.05, 3.63) is 30.1 Å². The third-order valence-electron chi connectivity index (χ3n) is 3.40. The van der Waals surface area contributed by atoms with Crippen LogP contribution in [0.2, 0.25) is 0 Å². The largest absolute Gasteiger partial charge is 0.507 e. The molecule has 94 valence electrons. The van der Waals surface area contributed by atoms with Crippen LogP contribution in [0.3, 0.4) is 0 Å². The fraction of sp³-hybridized carbons (Fsp3) is 0.385. The number of nitrogens with two attached hydrogens (primary N) is 1. The minimum Gasteiger partial charge on any atom is -0.507 e. The zero-order valence-corrected chi connectivity index (χ0v) is 10.1. The number of aromatic hydroxyl groups is 1. The molecule has 0 saturated heterocycles. The van der Waals surface area contributed by atoms with Crippen molar-refractivity contribution in [1.29, 1.82) is 0 Å². The molecule has 18 heavy (non-hydrogen) atoms. The number of aromatic nitrogens is 3. The first kappa shape index (κ1) is 11.2. The van der Waals surface area contributed by atoms with E-state index in [1.165, 1.54) is 0 Å². The Hall–Kier alpha value is -1.88. The van der Waals surface area contributed by atoms with Gasteiger partial charge in [-0.3, -0.25) is 0 Å². The quantitative estimate of drug-likeness (QED) is 0.839. The van der Waals surface area contributed by atoms with E-state index in [-0.39, 0.29) is 11.8 Å². The summed E-state index contributed by atoms with van der Waals surface area (Å²) < 4.78 is 1.92. The number of hydrogen-bond donors (Lipinski definition) is 2. The fourth-order valence-corrected chi connectivity index (χ4v) is 2.43. The lowest BCUT2D eigenvalue weighted by molar-refractivity contribution is 0.370. The van der Waals surface area contributed by atoms with Crippen LogP contribution >= 0.6 is 0 Å². The molecule has 1 aromatic heterocycles. The van der Waals surface area contributed by atoms with Gasteiger partial charge in [0.05, 0.1) is 11.6 Å². The van der Waals surface area contributed by atoms with Crippen LogP contribution in [0.1, 0.15) is 24.7 Å². The van der Waals surface area contributed by atoms with Crippen molar-refractivity contribution < 1.29 is 5.11 Å². The molecule has 1 aromatic carbocycles. The number of hydrogen-bond acceptors (Lipinski definition) is 4. The van der Waals surface area contributed by atoms with Gasteiger partial charge in [-0.25, -0.2) is 9.67 Å². The highest BCUT2D eigenvalue weighted by Gasteiger charge is 2.23. The van der Waals surface area contributed by atoms with Crippen LogP contribution in [0.15, 0.2) is 24.3 Å². The van der Waals surface area contributed by atoms with Crippen molar-refractivity contribution in [3.63, 3.8) is 0 Å². The average molecular weight is 244 g/mol. The van der Waals surface area contributed by atoms with Gasteiger partial charge in [-0.2, -0.15) is 5.10 Å². The van der Waals surface area contributed by atoms with Gasteiger partial charge in [-0.1, -0.05) is 12.1 Å². The smallest absolute Gasteiger partial charge is 0.185 e. The highest BCUT2D eigenvalue weighted by Crippen LogP contribution is 2.29. The predicted molar refractivity (Wildman–Crippen MR) is 68.2 cm³/mol. The molecule has 5 heteroatoms. The molecule has 3 N–H and O–H groups in total. The summed E-state index contributed by atoms with van der Waals surface area (Å²) in [6, 6.07) is 7.37. The van der Waals surface area contributed by atoms with Crippen LogP contribution in [-0.4, -0.2) is 26.4 Å². The second kappa shape index (κ2) is 4.42. The molecule has 3 rings (SSSR count). The lowest BCUT2D eigenvalue weighted by Crippen LogP contribution is -2.25. The van der Waals surface area contributed by atoms with Crippen LogP contribution in [0.25, 0.3) is 11.4 Å². The number of para-hydroxylation sites is 1. The van der Waals surface area contributed by atoms with Gasteiger partial charge in [-0.15, -0.1) is 0 Å². The summed E-state index contributed by atoms with van der Waals surface area (Å²) in [4.78, 5) is 4.52. The average Bonchev–Trinajstić information content (AvgIpc) is 2.82. The number of nitrogens with zero attached hydrogens (tertiary/aromatic N) is 3. The van der Waals surface area contributed by atoms with Crippen LogP contribution in [0.4, 0.5) is 0 Å². The summed E-state index contributed by atoms with van der Waals surface area (Å²) in [6.07, 6.45) is 3.07. The Kier molecular flexibility index (Phi) is 2.76. The normalized spacial score (nSPS) is 18.6. The van der Waals surface area contributed by atoms with Crippen molar-refractivity contribution in [3.8, 4) is 17.1 Å². The number of phenols is 1. The molecule has 0 fully saturated rings. The van der Waals surface area contributed by atoms with Crippen molar-refractivity contribution in [2.45, 2.75) is 25.3 Å². The second-order valence-electron chi connectivity index (χ2n) is 4.60. The first-order valence-corrected chi connectivity index (χ1v) is 6.23. The van der Waals surface area contributed by atoms with Gasteiger partial charge in [0.1, 0.15) is 11.6 Å². The molecular formula is C13H16N4O. The number of rotatable bonds is 2. The molecule has 0 spiro atoms. The Morgan fingerprint density at radius 1 is 1.39 bits per heavy atom. The monoisotopic (exact) mass is 244 g/mol. The third kappa shape index (κ3) is 1.76. The predicted octanol–water partition coefficient (Wildman–Crippen LogP) is 1.49. The van der Waals surface area contributed by atoms with E-state index in [2.05, 4.69) is 10.1 Å². The van der Waals surface area contributed by atoms with E-state index in [0.29, 0.717) is 17.9 Å². The number of benzene rings is 1. The lowest BCUT2D eigenvalue weighted by atomic mass is 10.1. The van der Waals surface area contributed by atoms with Gasteiger partial charge in [0.2, 0.25) is 0 Å². The van der Waals surface area contributed by atoms with Gasteiger partial charge < -0.3 is 10.8 Å². The molecule has 0 saturated carbocycles. The summed E-state index contributed by atoms with van der Waals surface area (Å²) >= 11 is 0. The van der Waals surface area contributed by atoms with Crippen molar-refractivity contribution in [1.82, 2.24) is 14.8 Å². The van der Waals surface area contributed by atoms with Gasteiger partial charge in [0.15, 0.2) is 5.82 Å². The highest BCUT2D eigenvalue weighted by atomic mass is 16.3. The van der Waals surface area contributed by atoms with E-state index in [1.807, 2.05) is 16.8 Å². The number of aryl methyl sites for hydroxylation is 1. The zero-order chi connectivity index (χ0) is 12.5. The van der Waals surface area contributed by atoms with Crippen molar-refractivity contribution in [2.75, 3.05) is 6.54 Å². The standard InChI is InChI=1S/C13H16N4O/c14-8-9-4-3-7-12-15-13(16-17(9)12)10-5-1-2-6-11(10)18/h1-2,5-6,9,18H,3-4,7-8,14H2. The summed E-state index contributed by atoms with van der Waals surface area (Å²) in [6.45, 7) is 0.580. The van der Waals surface area contributed by atoms with E-state index in [0.717, 1.165) is 25.1 Å². The summed E-state index contributed by atoms with van der Waals surface area (Å²) in [5.74, 6) is 1.77. The van der Waals surface area contributed by atoms with Gasteiger partial charge >= 0.3 is 0 Å². The summed E-state index contributed by atoms with van der Waals surface area (Å²) in [5.41, 5.74) is 6.43. The zero-order valence-electron chi connectivity index (χ0n) is 10.1. The molecule has 5 nitrogen and oxygen atoms in total. The molecule has 0 bridgehead atoms. The summed E-state index contributed by atoms with van der Waals surface area (Å²) in [5, 5.41) is 14.3. The Balaban J connectivity index is 2.05. The molecule has 0 amide bonds. The van der Waals surface area contributed by atoms with Crippen molar-refractivity contribution >= 4 is 0 Å². The second-order valence-corrected chi connectivity index (χ2v) is 4.60. The maximum absolute atomic E-state index is 9.83. The first-order chi connectivity index (χ1) is 8.79. The Morgan fingerprint density at radius 3 is 3.00 bits per heavy atom. The molecule has 1 aliphatic rings. The molecule has 0 radical (unpaired) electrons. The van der Waals surface area contributed by atoms with Gasteiger partial charge in [0, 0.05) is 13.0 Å². The lowest BCUT2D eigenvalue weighted by Gasteiger charge is -2.21. The van der Waals surface area contributed by atoms with E-state index in [9.17, 15) is 5.11 Å². The van der Waals surface area contributed by atoms with E-state index in [4.69, 9.17) is 5.73 Å². The van der Waals surface area contributed by atoms with Crippen molar-refractivity contribution in [2.24, 2.45) is 5.73 Å². The highest BCUT2D eigenvalue weighted by molar-refractivity contribution is 5.63. The van der Waals surface area contributed by atoms with Crippen LogP contribution in [0, 0.1) is 0 Å². The number of fused-ring (bicyclic) bond motifs is 1. The Bertz CT molecular complexity index is 564. The Morgan fingerprint density at radius 2 is 2.22 bits per heavy atom. The van der Waals surface area contributed by atoms with Gasteiger partial charge in [-0.05, 0) is 25.0 Å². The maximum Gasteiger partial charge on any atom is 0.185 e. The minimum atomic E-state index is 0.213. The van der Waals surface area contributed by atoms with Crippen LogP contribution in [0.5, 0.6) is 5.75 Å². The molecule has 2 heterocycles. The topological polar surface area (TPSA) is 77.0 Å². The third-order valence-corrected chi connectivity index (χ3v) is 3.40. The van der Waals surface area contributed by atoms with Crippen LogP contribution < -0.4 is 5.73 Å².